The summed E-state index contributed by atoms with van der Waals surface area (Å²) in [6.07, 6.45) is 3.24. The quantitative estimate of drug-likeness (QED) is 0.782. The molecule has 3 atom stereocenters. The number of piperidine rings is 2. The van der Waals surface area contributed by atoms with Gasteiger partial charge in [0.25, 0.3) is 0 Å². The van der Waals surface area contributed by atoms with E-state index < -0.39 is 0 Å². The lowest BCUT2D eigenvalue weighted by atomic mass is 9.85. The molecule has 96 valence electrons. The Labute approximate surface area is 110 Å². The fraction of sp³-hybridized carbons (Fsp3) is 0.833. The first kappa shape index (κ1) is 12.9. The van der Waals surface area contributed by atoms with Crippen LogP contribution in [0.5, 0.6) is 0 Å². The van der Waals surface area contributed by atoms with Crippen LogP contribution >= 0.6 is 15.9 Å². The molecule has 0 aromatic rings. The zero-order valence-electron chi connectivity index (χ0n) is 10.1. The molecule has 0 saturated carbocycles. The molecule has 2 heterocycles. The van der Waals surface area contributed by atoms with E-state index in [1.165, 1.54) is 0 Å². The number of fused-ring (bicyclic) bond motifs is 1. The molecule has 2 aliphatic rings. The standard InChI is InChI=1S/C12H19BrN2O2/c1-2-9(13)12(17)15-6-5-10-8(7-15)3-4-11(16)14-10/h8-10H,2-7H2,1H3,(H,14,16). The Balaban J connectivity index is 1.94. The molecule has 17 heavy (non-hydrogen) atoms. The largest absolute Gasteiger partial charge is 0.353 e. The molecule has 2 aliphatic heterocycles. The summed E-state index contributed by atoms with van der Waals surface area (Å²) in [5.74, 6) is 0.808. The Hall–Kier alpha value is -0.580. The highest BCUT2D eigenvalue weighted by atomic mass is 79.9. The number of hydrogen-bond acceptors (Lipinski definition) is 2. The molecular weight excluding hydrogens is 284 g/mol. The number of hydrogen-bond donors (Lipinski definition) is 1. The van der Waals surface area contributed by atoms with E-state index in [9.17, 15) is 9.59 Å². The Morgan fingerprint density at radius 1 is 1.59 bits per heavy atom. The van der Waals surface area contributed by atoms with E-state index in [1.807, 2.05) is 11.8 Å². The summed E-state index contributed by atoms with van der Waals surface area (Å²) in [6, 6.07) is 0.288. The number of alkyl halides is 1. The van der Waals surface area contributed by atoms with Gasteiger partial charge < -0.3 is 10.2 Å². The van der Waals surface area contributed by atoms with E-state index in [0.717, 1.165) is 32.4 Å². The second kappa shape index (κ2) is 5.38. The Morgan fingerprint density at radius 3 is 3.06 bits per heavy atom. The normalized spacial score (nSPS) is 30.5. The first-order valence-electron chi connectivity index (χ1n) is 6.34. The molecule has 2 saturated heterocycles. The van der Waals surface area contributed by atoms with Crippen molar-refractivity contribution in [1.82, 2.24) is 10.2 Å². The SMILES string of the molecule is CCC(Br)C(=O)N1CCC2NC(=O)CCC2C1. The molecular formula is C12H19BrN2O2. The number of amides is 2. The van der Waals surface area contributed by atoms with Crippen molar-refractivity contribution < 1.29 is 9.59 Å². The first-order chi connectivity index (χ1) is 8.11. The van der Waals surface area contributed by atoms with Crippen LogP contribution in [0.1, 0.15) is 32.6 Å². The van der Waals surface area contributed by atoms with E-state index in [2.05, 4.69) is 21.2 Å². The number of nitrogens with one attached hydrogen (secondary N) is 1. The fourth-order valence-electron chi connectivity index (χ4n) is 2.68. The van der Waals surface area contributed by atoms with Crippen molar-refractivity contribution in [2.45, 2.75) is 43.5 Å². The summed E-state index contributed by atoms with van der Waals surface area (Å²) in [5, 5.41) is 3.03. The predicted octanol–water partition coefficient (Wildman–Crippen LogP) is 1.29. The van der Waals surface area contributed by atoms with Crippen LogP contribution in [0.2, 0.25) is 0 Å². The third kappa shape index (κ3) is 2.81. The van der Waals surface area contributed by atoms with Crippen LogP contribution < -0.4 is 5.32 Å². The zero-order chi connectivity index (χ0) is 12.4. The number of likely N-dealkylation sites (tertiary alicyclic amines) is 1. The topological polar surface area (TPSA) is 49.4 Å². The van der Waals surface area contributed by atoms with Gasteiger partial charge in [-0.1, -0.05) is 22.9 Å². The van der Waals surface area contributed by atoms with E-state index in [0.29, 0.717) is 12.3 Å². The average Bonchev–Trinajstić information content (AvgIpc) is 2.36. The van der Waals surface area contributed by atoms with Crippen LogP contribution in [0, 0.1) is 5.92 Å². The highest BCUT2D eigenvalue weighted by Crippen LogP contribution is 2.26. The summed E-state index contributed by atoms with van der Waals surface area (Å²) in [6.45, 7) is 3.57. The van der Waals surface area contributed by atoms with E-state index >= 15 is 0 Å². The van der Waals surface area contributed by atoms with Gasteiger partial charge in [-0.05, 0) is 25.2 Å². The summed E-state index contributed by atoms with van der Waals surface area (Å²) >= 11 is 3.41. The van der Waals surface area contributed by atoms with Gasteiger partial charge in [-0.2, -0.15) is 0 Å². The second-order valence-corrected chi connectivity index (χ2v) is 6.03. The lowest BCUT2D eigenvalue weighted by Crippen LogP contribution is -2.56. The molecule has 2 fully saturated rings. The maximum absolute atomic E-state index is 12.1. The summed E-state index contributed by atoms with van der Waals surface area (Å²) < 4.78 is 0. The molecule has 0 aromatic heterocycles. The van der Waals surface area contributed by atoms with E-state index in [4.69, 9.17) is 0 Å². The Kier molecular flexibility index (Phi) is 4.07. The Bertz CT molecular complexity index is 322. The summed E-state index contributed by atoms with van der Waals surface area (Å²) in [7, 11) is 0. The van der Waals surface area contributed by atoms with Gasteiger partial charge in [0, 0.05) is 25.6 Å². The molecule has 0 spiro atoms. The van der Waals surface area contributed by atoms with Gasteiger partial charge in [0.15, 0.2) is 0 Å². The molecule has 1 N–H and O–H groups in total. The molecule has 0 aromatic carbocycles. The Morgan fingerprint density at radius 2 is 2.35 bits per heavy atom. The minimum absolute atomic E-state index is 0.0581. The summed E-state index contributed by atoms with van der Waals surface area (Å²) in [5.41, 5.74) is 0. The van der Waals surface area contributed by atoms with Crippen molar-refractivity contribution in [3.63, 3.8) is 0 Å². The predicted molar refractivity (Wildman–Crippen MR) is 68.9 cm³/mol. The van der Waals surface area contributed by atoms with Crippen LogP contribution in [0.3, 0.4) is 0 Å². The van der Waals surface area contributed by atoms with Crippen molar-refractivity contribution in [2.24, 2.45) is 5.92 Å². The van der Waals surface area contributed by atoms with Crippen molar-refractivity contribution in [3.05, 3.63) is 0 Å². The molecule has 3 unspecified atom stereocenters. The number of nitrogens with zero attached hydrogens (tertiary/aromatic N) is 1. The molecule has 2 rings (SSSR count). The zero-order valence-corrected chi connectivity index (χ0v) is 11.7. The maximum Gasteiger partial charge on any atom is 0.236 e. The van der Waals surface area contributed by atoms with E-state index in [-0.39, 0.29) is 22.7 Å². The second-order valence-electron chi connectivity index (χ2n) is 4.92. The van der Waals surface area contributed by atoms with E-state index in [1.54, 1.807) is 0 Å². The maximum atomic E-state index is 12.1. The van der Waals surface area contributed by atoms with Gasteiger partial charge in [-0.25, -0.2) is 0 Å². The lowest BCUT2D eigenvalue weighted by molar-refractivity contribution is -0.134. The van der Waals surface area contributed by atoms with Gasteiger partial charge in [0.05, 0.1) is 4.83 Å². The van der Waals surface area contributed by atoms with Crippen LogP contribution in [-0.4, -0.2) is 40.7 Å². The van der Waals surface area contributed by atoms with Crippen molar-refractivity contribution >= 4 is 27.7 Å². The van der Waals surface area contributed by atoms with Crippen LogP contribution in [0.25, 0.3) is 0 Å². The molecule has 2 amide bonds. The minimum Gasteiger partial charge on any atom is -0.353 e. The number of rotatable bonds is 2. The van der Waals surface area contributed by atoms with Gasteiger partial charge in [0.2, 0.25) is 11.8 Å². The highest BCUT2D eigenvalue weighted by Gasteiger charge is 2.36. The molecule has 4 nitrogen and oxygen atoms in total. The fourth-order valence-corrected chi connectivity index (χ4v) is 2.97. The van der Waals surface area contributed by atoms with Crippen molar-refractivity contribution in [3.8, 4) is 0 Å². The van der Waals surface area contributed by atoms with Crippen molar-refractivity contribution in [1.29, 1.82) is 0 Å². The molecule has 5 heteroatoms. The smallest absolute Gasteiger partial charge is 0.236 e. The van der Waals surface area contributed by atoms with Gasteiger partial charge >= 0.3 is 0 Å². The number of carbonyl (C=O) groups is 2. The third-order valence-electron chi connectivity index (χ3n) is 3.76. The third-order valence-corrected chi connectivity index (χ3v) is 4.80. The lowest BCUT2D eigenvalue weighted by Gasteiger charge is -2.41. The first-order valence-corrected chi connectivity index (χ1v) is 7.25. The van der Waals surface area contributed by atoms with Crippen LogP contribution in [0.15, 0.2) is 0 Å². The number of carbonyl (C=O) groups excluding carboxylic acids is 2. The van der Waals surface area contributed by atoms with Crippen molar-refractivity contribution in [2.75, 3.05) is 13.1 Å². The van der Waals surface area contributed by atoms with Gasteiger partial charge in [0.1, 0.15) is 0 Å². The molecule has 0 radical (unpaired) electrons. The molecule has 0 bridgehead atoms. The average molecular weight is 303 g/mol. The van der Waals surface area contributed by atoms with Crippen LogP contribution in [0.4, 0.5) is 0 Å². The summed E-state index contributed by atoms with van der Waals surface area (Å²) in [4.78, 5) is 25.2. The molecule has 0 aliphatic carbocycles. The monoisotopic (exact) mass is 302 g/mol. The minimum atomic E-state index is -0.0581. The van der Waals surface area contributed by atoms with Crippen LogP contribution in [-0.2, 0) is 9.59 Å². The van der Waals surface area contributed by atoms with Gasteiger partial charge in [-0.15, -0.1) is 0 Å². The number of halogens is 1. The van der Waals surface area contributed by atoms with Gasteiger partial charge in [-0.3, -0.25) is 9.59 Å². The highest BCUT2D eigenvalue weighted by molar-refractivity contribution is 9.10.